The summed E-state index contributed by atoms with van der Waals surface area (Å²) in [6.45, 7) is 2.34. The number of fused-ring (bicyclic) bond motifs is 1. The maximum Gasteiger partial charge on any atom is 0.256 e. The van der Waals surface area contributed by atoms with Gasteiger partial charge in [0.25, 0.3) is 5.91 Å². The van der Waals surface area contributed by atoms with Gasteiger partial charge in [0, 0.05) is 31.7 Å². The molecule has 2 aromatic carbocycles. The van der Waals surface area contributed by atoms with Gasteiger partial charge >= 0.3 is 0 Å². The molecule has 0 radical (unpaired) electrons. The quantitative estimate of drug-likeness (QED) is 0.237. The van der Waals surface area contributed by atoms with Crippen molar-refractivity contribution < 1.29 is 44.6 Å². The Hall–Kier alpha value is -3.16. The van der Waals surface area contributed by atoms with Crippen LogP contribution >= 0.6 is 0 Å². The second-order valence-corrected chi connectivity index (χ2v) is 10.5. The van der Waals surface area contributed by atoms with Crippen LogP contribution in [0.2, 0.25) is 0 Å². The monoisotopic (exact) mass is 570 g/mol. The van der Waals surface area contributed by atoms with Crippen molar-refractivity contribution in [1.29, 1.82) is 0 Å². The molecule has 0 saturated carbocycles. The molecule has 6 N–H and O–H groups in total. The predicted molar refractivity (Wildman–Crippen MR) is 148 cm³/mol. The molecular weight excluding hydrogens is 532 g/mol. The lowest BCUT2D eigenvalue weighted by atomic mass is 9.93. The summed E-state index contributed by atoms with van der Waals surface area (Å²) >= 11 is 0. The summed E-state index contributed by atoms with van der Waals surface area (Å²) in [5.41, 5.74) is 3.46. The number of amides is 2. The fraction of sp³-hybridized carbons (Fsp3) is 0.467. The highest BCUT2D eigenvalue weighted by Gasteiger charge is 2.46. The van der Waals surface area contributed by atoms with E-state index in [2.05, 4.69) is 5.32 Å². The fourth-order valence-corrected chi connectivity index (χ4v) is 5.35. The first-order valence-electron chi connectivity index (χ1n) is 13.6. The lowest BCUT2D eigenvalue weighted by molar-refractivity contribution is -0.274. The Kier molecular flexibility index (Phi) is 10.3. The van der Waals surface area contributed by atoms with Gasteiger partial charge in [-0.3, -0.25) is 9.59 Å². The SMILES string of the molecule is CO[C@@H](c1ccc(NC(=O)[C@H]2O[C@@H](O)[C@H](O)[C@@H](O)[C@@H]2O)cc1)[C@@H](C)/C=C/CC(=O)N1Cc2ccccc2C[C@H]1CO. The minimum Gasteiger partial charge on any atom is -0.394 e. The average molecular weight is 571 g/mol. The standard InChI is InChI=1S/C30H38N2O9/c1-17(6-5-9-23(34)32-15-20-8-4-3-7-19(20)14-22(32)16-33)27(40-2)18-10-12-21(13-11-18)31-29(38)28-25(36)24(35)26(37)30(39)41-28/h3-8,10-13,17,22,24-28,30,33,35-37,39H,9,14-16H2,1-2H3,(H,31,38)/b6-5+/t17-,22-,24-,25-,26+,27+,28-,30+/m0/s1. The van der Waals surface area contributed by atoms with Gasteiger partial charge in [0.15, 0.2) is 12.4 Å². The van der Waals surface area contributed by atoms with Crippen LogP contribution in [0.5, 0.6) is 0 Å². The number of anilines is 1. The molecular formula is C30H38N2O9. The van der Waals surface area contributed by atoms with Gasteiger partial charge < -0.3 is 45.2 Å². The Bertz CT molecular complexity index is 1220. The molecule has 1 fully saturated rings. The lowest BCUT2D eigenvalue weighted by Crippen LogP contribution is -2.60. The number of carbonyl (C=O) groups is 2. The second kappa shape index (κ2) is 13.7. The smallest absolute Gasteiger partial charge is 0.256 e. The number of carbonyl (C=O) groups excluding carboxylic acids is 2. The third-order valence-electron chi connectivity index (χ3n) is 7.70. The minimum atomic E-state index is -1.81. The molecule has 0 spiro atoms. The van der Waals surface area contributed by atoms with E-state index in [9.17, 15) is 35.1 Å². The van der Waals surface area contributed by atoms with Crippen LogP contribution in [-0.4, -0.2) is 92.7 Å². The number of hydrogen-bond acceptors (Lipinski definition) is 9. The molecule has 2 heterocycles. The van der Waals surface area contributed by atoms with E-state index in [1.807, 2.05) is 43.3 Å². The second-order valence-electron chi connectivity index (χ2n) is 10.5. The highest BCUT2D eigenvalue weighted by Crippen LogP contribution is 2.29. The number of rotatable bonds is 9. The number of benzene rings is 2. The molecule has 222 valence electrons. The molecule has 2 aliphatic rings. The molecule has 2 amide bonds. The summed E-state index contributed by atoms with van der Waals surface area (Å²) in [6.07, 6.45) is -4.36. The first-order valence-corrected chi connectivity index (χ1v) is 13.6. The summed E-state index contributed by atoms with van der Waals surface area (Å²) in [5, 5.41) is 51.6. The largest absolute Gasteiger partial charge is 0.394 e. The number of hydrogen-bond donors (Lipinski definition) is 6. The van der Waals surface area contributed by atoms with Crippen LogP contribution in [0, 0.1) is 5.92 Å². The van der Waals surface area contributed by atoms with E-state index in [0.29, 0.717) is 18.7 Å². The average Bonchev–Trinajstić information content (AvgIpc) is 2.98. The van der Waals surface area contributed by atoms with Crippen molar-refractivity contribution in [2.75, 3.05) is 19.0 Å². The summed E-state index contributed by atoms with van der Waals surface area (Å²) in [4.78, 5) is 27.3. The Labute approximate surface area is 238 Å². The molecule has 41 heavy (non-hydrogen) atoms. The highest BCUT2D eigenvalue weighted by atomic mass is 16.6. The molecule has 8 atom stereocenters. The zero-order chi connectivity index (χ0) is 29.7. The number of nitrogens with zero attached hydrogens (tertiary/aromatic N) is 1. The summed E-state index contributed by atoms with van der Waals surface area (Å²) in [7, 11) is 1.58. The molecule has 0 unspecified atom stereocenters. The van der Waals surface area contributed by atoms with Crippen molar-refractivity contribution in [2.45, 2.75) is 69.2 Å². The van der Waals surface area contributed by atoms with E-state index in [4.69, 9.17) is 9.47 Å². The number of aliphatic hydroxyl groups is 5. The zero-order valence-corrected chi connectivity index (χ0v) is 23.0. The number of aliphatic hydroxyl groups excluding tert-OH is 5. The van der Waals surface area contributed by atoms with Gasteiger partial charge in [-0.1, -0.05) is 55.5 Å². The maximum atomic E-state index is 13.0. The normalized spacial score (nSPS) is 27.7. The van der Waals surface area contributed by atoms with Gasteiger partial charge in [0.2, 0.25) is 5.91 Å². The molecule has 11 heteroatoms. The van der Waals surface area contributed by atoms with Crippen molar-refractivity contribution >= 4 is 17.5 Å². The number of methoxy groups -OCH3 is 1. The number of nitrogens with one attached hydrogen (secondary N) is 1. The van der Waals surface area contributed by atoms with E-state index in [0.717, 1.165) is 16.7 Å². The number of ether oxygens (including phenoxy) is 2. The Morgan fingerprint density at radius 1 is 1.05 bits per heavy atom. The van der Waals surface area contributed by atoms with Crippen molar-refractivity contribution in [3.8, 4) is 0 Å². The van der Waals surface area contributed by atoms with E-state index in [-0.39, 0.29) is 37.0 Å². The van der Waals surface area contributed by atoms with Gasteiger partial charge in [-0.2, -0.15) is 0 Å². The molecule has 0 aliphatic carbocycles. The van der Waals surface area contributed by atoms with Crippen molar-refractivity contribution in [3.05, 3.63) is 77.4 Å². The van der Waals surface area contributed by atoms with Gasteiger partial charge in [0.05, 0.1) is 18.8 Å². The third kappa shape index (κ3) is 7.02. The Balaban J connectivity index is 1.33. The summed E-state index contributed by atoms with van der Waals surface area (Å²) in [6, 6.07) is 14.5. The zero-order valence-electron chi connectivity index (χ0n) is 23.0. The first kappa shape index (κ1) is 30.8. The molecule has 1 saturated heterocycles. The third-order valence-corrected chi connectivity index (χ3v) is 7.70. The van der Waals surface area contributed by atoms with Crippen molar-refractivity contribution in [1.82, 2.24) is 4.90 Å². The van der Waals surface area contributed by atoms with Crippen LogP contribution in [0.4, 0.5) is 5.69 Å². The lowest BCUT2D eigenvalue weighted by Gasteiger charge is -2.37. The Morgan fingerprint density at radius 2 is 1.73 bits per heavy atom. The molecule has 11 nitrogen and oxygen atoms in total. The molecule has 4 rings (SSSR count). The predicted octanol–water partition coefficient (Wildman–Crippen LogP) is 0.641. The molecule has 0 aromatic heterocycles. The van der Waals surface area contributed by atoms with Gasteiger partial charge in [-0.05, 0) is 35.2 Å². The summed E-state index contributed by atoms with van der Waals surface area (Å²) < 4.78 is 10.7. The summed E-state index contributed by atoms with van der Waals surface area (Å²) in [5.74, 6) is -0.943. The van der Waals surface area contributed by atoms with Crippen LogP contribution in [-0.2, 0) is 32.0 Å². The first-order chi connectivity index (χ1) is 19.6. The van der Waals surface area contributed by atoms with Crippen LogP contribution in [0.3, 0.4) is 0 Å². The van der Waals surface area contributed by atoms with E-state index in [1.165, 1.54) is 0 Å². The van der Waals surface area contributed by atoms with Crippen molar-refractivity contribution in [2.24, 2.45) is 5.92 Å². The van der Waals surface area contributed by atoms with Gasteiger partial charge in [0.1, 0.15) is 18.3 Å². The molecule has 2 aliphatic heterocycles. The molecule has 0 bridgehead atoms. The van der Waals surface area contributed by atoms with Crippen LogP contribution < -0.4 is 5.32 Å². The van der Waals surface area contributed by atoms with Crippen LogP contribution in [0.15, 0.2) is 60.7 Å². The van der Waals surface area contributed by atoms with E-state index < -0.39 is 36.6 Å². The van der Waals surface area contributed by atoms with Gasteiger partial charge in [-0.25, -0.2) is 0 Å². The minimum absolute atomic E-state index is 0.0577. The molecule has 2 aromatic rings. The van der Waals surface area contributed by atoms with E-state index in [1.54, 1.807) is 36.3 Å². The van der Waals surface area contributed by atoms with E-state index >= 15 is 0 Å². The van der Waals surface area contributed by atoms with Crippen LogP contribution in [0.25, 0.3) is 0 Å². The van der Waals surface area contributed by atoms with Gasteiger partial charge in [-0.15, -0.1) is 0 Å². The topological polar surface area (TPSA) is 169 Å². The van der Waals surface area contributed by atoms with Crippen molar-refractivity contribution in [3.63, 3.8) is 0 Å². The van der Waals surface area contributed by atoms with Crippen LogP contribution in [0.1, 0.15) is 36.1 Å². The Morgan fingerprint density at radius 3 is 2.39 bits per heavy atom. The fourth-order valence-electron chi connectivity index (χ4n) is 5.35. The maximum absolute atomic E-state index is 13.0. The highest BCUT2D eigenvalue weighted by molar-refractivity contribution is 5.94.